The van der Waals surface area contributed by atoms with E-state index in [1.807, 2.05) is 0 Å². The van der Waals surface area contributed by atoms with Crippen LogP contribution < -0.4 is 0 Å². The molecule has 0 heterocycles. The second-order valence-corrected chi connectivity index (χ2v) is 13.0. The van der Waals surface area contributed by atoms with Crippen molar-refractivity contribution in [2.45, 2.75) is 227 Å². The van der Waals surface area contributed by atoms with E-state index in [-0.39, 0.29) is 0 Å². The monoisotopic (exact) mass is 521 g/mol. The molecule has 0 aliphatic heterocycles. The van der Waals surface area contributed by atoms with Crippen molar-refractivity contribution in [2.24, 2.45) is 11.8 Å². The summed E-state index contributed by atoms with van der Waals surface area (Å²) < 4.78 is 0. The fraction of sp³-hybridized carbons (Fsp3) is 1.00. The molecule has 0 rings (SSSR count). The van der Waals surface area contributed by atoms with E-state index in [1.165, 1.54) is 199 Å². The predicted octanol–water partition coefficient (Wildman–Crippen LogP) is 14.4. The molecule has 0 aliphatic carbocycles. The van der Waals surface area contributed by atoms with Gasteiger partial charge in [0.05, 0.1) is 0 Å². The summed E-state index contributed by atoms with van der Waals surface area (Å²) in [6.45, 7) is 9.50. The van der Waals surface area contributed by atoms with Gasteiger partial charge in [0.25, 0.3) is 0 Å². The van der Waals surface area contributed by atoms with E-state index < -0.39 is 0 Å². The standard InChI is InChI=1S/C37H76/c1-5-8-11-14-17-20-23-26-29-34-37(33-28-25-22-19-16-13-10-7-3)35-30-32-36(4)31-27-24-21-18-15-12-9-6-2/h36-37H,5-35H2,1-4H3. The van der Waals surface area contributed by atoms with Gasteiger partial charge in [-0.25, -0.2) is 0 Å². The molecule has 0 saturated carbocycles. The van der Waals surface area contributed by atoms with Crippen molar-refractivity contribution in [3.63, 3.8) is 0 Å². The van der Waals surface area contributed by atoms with Crippen molar-refractivity contribution in [1.82, 2.24) is 0 Å². The molecule has 2 atom stereocenters. The summed E-state index contributed by atoms with van der Waals surface area (Å²) in [6, 6.07) is 0. The second kappa shape index (κ2) is 32.2. The summed E-state index contributed by atoms with van der Waals surface area (Å²) in [4.78, 5) is 0. The van der Waals surface area contributed by atoms with Crippen LogP contribution in [-0.2, 0) is 0 Å². The third kappa shape index (κ3) is 30.4. The molecule has 37 heavy (non-hydrogen) atoms. The quantitative estimate of drug-likeness (QED) is 0.0773. The van der Waals surface area contributed by atoms with Crippen LogP contribution in [0.2, 0.25) is 0 Å². The Labute approximate surface area is 238 Å². The summed E-state index contributed by atoms with van der Waals surface area (Å²) >= 11 is 0. The molecule has 2 unspecified atom stereocenters. The van der Waals surface area contributed by atoms with Crippen molar-refractivity contribution in [2.75, 3.05) is 0 Å². The fourth-order valence-electron chi connectivity index (χ4n) is 6.27. The summed E-state index contributed by atoms with van der Waals surface area (Å²) in [5.74, 6) is 1.98. The molecule has 0 aromatic heterocycles. The average molecular weight is 521 g/mol. The zero-order chi connectivity index (χ0) is 27.1. The summed E-state index contributed by atoms with van der Waals surface area (Å²) in [7, 11) is 0. The second-order valence-electron chi connectivity index (χ2n) is 13.0. The lowest BCUT2D eigenvalue weighted by molar-refractivity contribution is 0.347. The van der Waals surface area contributed by atoms with Crippen molar-refractivity contribution in [3.05, 3.63) is 0 Å². The van der Waals surface area contributed by atoms with Crippen LogP contribution in [0.4, 0.5) is 0 Å². The first-order valence-corrected chi connectivity index (χ1v) is 18.2. The summed E-state index contributed by atoms with van der Waals surface area (Å²) in [5, 5.41) is 0. The van der Waals surface area contributed by atoms with Crippen molar-refractivity contribution < 1.29 is 0 Å². The van der Waals surface area contributed by atoms with Crippen LogP contribution in [0.3, 0.4) is 0 Å². The largest absolute Gasteiger partial charge is 0.0654 e. The Morgan fingerprint density at radius 3 is 0.865 bits per heavy atom. The van der Waals surface area contributed by atoms with E-state index in [0.717, 1.165) is 11.8 Å². The van der Waals surface area contributed by atoms with Gasteiger partial charge in [-0.1, -0.05) is 227 Å². The minimum Gasteiger partial charge on any atom is -0.0654 e. The number of unbranched alkanes of at least 4 members (excludes halogenated alkanes) is 22. The van der Waals surface area contributed by atoms with Gasteiger partial charge in [-0.15, -0.1) is 0 Å². The molecular formula is C37H76. The maximum absolute atomic E-state index is 2.54. The molecule has 0 aliphatic rings. The molecule has 0 N–H and O–H groups in total. The van der Waals surface area contributed by atoms with E-state index in [9.17, 15) is 0 Å². The Balaban J connectivity index is 3.97. The third-order valence-electron chi connectivity index (χ3n) is 9.04. The smallest absolute Gasteiger partial charge is 0.0414 e. The van der Waals surface area contributed by atoms with Gasteiger partial charge in [0, 0.05) is 0 Å². The molecule has 0 nitrogen and oxygen atoms in total. The first-order valence-electron chi connectivity index (χ1n) is 18.2. The van der Waals surface area contributed by atoms with E-state index >= 15 is 0 Å². The van der Waals surface area contributed by atoms with Crippen LogP contribution in [0, 0.1) is 11.8 Å². The molecule has 0 heteroatoms. The first kappa shape index (κ1) is 37.0. The van der Waals surface area contributed by atoms with Gasteiger partial charge >= 0.3 is 0 Å². The van der Waals surface area contributed by atoms with Crippen LogP contribution in [0.25, 0.3) is 0 Å². The van der Waals surface area contributed by atoms with E-state index in [1.54, 1.807) is 0 Å². The molecule has 224 valence electrons. The molecule has 0 saturated heterocycles. The van der Waals surface area contributed by atoms with Crippen molar-refractivity contribution in [1.29, 1.82) is 0 Å². The predicted molar refractivity (Wildman–Crippen MR) is 173 cm³/mol. The van der Waals surface area contributed by atoms with Gasteiger partial charge in [0.1, 0.15) is 0 Å². The van der Waals surface area contributed by atoms with Gasteiger partial charge in [0.15, 0.2) is 0 Å². The lowest BCUT2D eigenvalue weighted by Gasteiger charge is -2.18. The minimum atomic E-state index is 0.955. The highest BCUT2D eigenvalue weighted by atomic mass is 14.2. The topological polar surface area (TPSA) is 0 Å². The van der Waals surface area contributed by atoms with Crippen LogP contribution in [0.15, 0.2) is 0 Å². The highest BCUT2D eigenvalue weighted by Gasteiger charge is 2.10. The number of rotatable bonds is 32. The van der Waals surface area contributed by atoms with Crippen LogP contribution >= 0.6 is 0 Å². The van der Waals surface area contributed by atoms with Gasteiger partial charge in [-0.2, -0.15) is 0 Å². The Morgan fingerprint density at radius 2 is 0.514 bits per heavy atom. The van der Waals surface area contributed by atoms with Gasteiger partial charge < -0.3 is 0 Å². The molecule has 0 spiro atoms. The molecule has 0 radical (unpaired) electrons. The van der Waals surface area contributed by atoms with Crippen molar-refractivity contribution in [3.8, 4) is 0 Å². The maximum atomic E-state index is 2.54. The van der Waals surface area contributed by atoms with Gasteiger partial charge in [-0.3, -0.25) is 0 Å². The highest BCUT2D eigenvalue weighted by molar-refractivity contribution is 4.64. The molecule has 0 bridgehead atoms. The normalized spacial score (nSPS) is 13.3. The fourth-order valence-corrected chi connectivity index (χ4v) is 6.27. The Morgan fingerprint density at radius 1 is 0.270 bits per heavy atom. The Kier molecular flexibility index (Phi) is 32.2. The van der Waals surface area contributed by atoms with Crippen LogP contribution in [0.5, 0.6) is 0 Å². The Hall–Kier alpha value is 0. The van der Waals surface area contributed by atoms with Crippen LogP contribution in [-0.4, -0.2) is 0 Å². The van der Waals surface area contributed by atoms with Gasteiger partial charge in [0.2, 0.25) is 0 Å². The highest BCUT2D eigenvalue weighted by Crippen LogP contribution is 2.26. The zero-order valence-electron chi connectivity index (χ0n) is 27.1. The Bertz CT molecular complexity index is 385. The van der Waals surface area contributed by atoms with E-state index in [4.69, 9.17) is 0 Å². The van der Waals surface area contributed by atoms with Gasteiger partial charge in [-0.05, 0) is 11.8 Å². The SMILES string of the molecule is CCCCCCCCCCCC(CCCCCCCCCC)CCCC(C)CCCCCCCCCC. The lowest BCUT2D eigenvalue weighted by atomic mass is 9.88. The average Bonchev–Trinajstić information content (AvgIpc) is 2.90. The maximum Gasteiger partial charge on any atom is -0.0414 e. The lowest BCUT2D eigenvalue weighted by Crippen LogP contribution is -2.03. The summed E-state index contributed by atoms with van der Waals surface area (Å²) in [5.41, 5.74) is 0. The molecule has 0 fully saturated rings. The molecule has 0 aromatic carbocycles. The number of hydrogen-bond donors (Lipinski definition) is 0. The molecule has 0 amide bonds. The van der Waals surface area contributed by atoms with E-state index in [2.05, 4.69) is 27.7 Å². The summed E-state index contributed by atoms with van der Waals surface area (Å²) in [6.07, 6.45) is 45.7. The number of hydrogen-bond acceptors (Lipinski definition) is 0. The zero-order valence-corrected chi connectivity index (χ0v) is 27.1. The molecular weight excluding hydrogens is 444 g/mol. The van der Waals surface area contributed by atoms with E-state index in [0.29, 0.717) is 0 Å². The van der Waals surface area contributed by atoms with Crippen LogP contribution in [0.1, 0.15) is 227 Å². The first-order chi connectivity index (χ1) is 18.2. The minimum absolute atomic E-state index is 0.955. The van der Waals surface area contributed by atoms with Crippen molar-refractivity contribution >= 4 is 0 Å². The molecule has 0 aromatic rings. The third-order valence-corrected chi connectivity index (χ3v) is 9.04.